The summed E-state index contributed by atoms with van der Waals surface area (Å²) >= 11 is 12.0. The maximum atomic E-state index is 6.06. The molecule has 92 valence electrons. The third kappa shape index (κ3) is 2.50. The Kier molecular flexibility index (Phi) is 3.00. The lowest BCUT2D eigenvalue weighted by atomic mass is 9.92. The first-order chi connectivity index (χ1) is 7.78. The minimum Gasteiger partial charge on any atom is -0.438 e. The Morgan fingerprint density at radius 3 is 2.53 bits per heavy atom. The van der Waals surface area contributed by atoms with Crippen LogP contribution in [-0.4, -0.2) is 4.98 Å². The van der Waals surface area contributed by atoms with Crippen LogP contribution in [0.4, 0.5) is 5.69 Å². The largest absolute Gasteiger partial charge is 0.438 e. The van der Waals surface area contributed by atoms with Crippen LogP contribution in [0.1, 0.15) is 26.7 Å². The number of rotatable bonds is 1. The summed E-state index contributed by atoms with van der Waals surface area (Å²) in [5.41, 5.74) is 7.37. The fraction of sp³-hybridized carbons (Fsp3) is 0.417. The molecule has 1 aromatic carbocycles. The summed E-state index contributed by atoms with van der Waals surface area (Å²) in [6, 6.07) is 1.59. The number of anilines is 1. The van der Waals surface area contributed by atoms with E-state index in [9.17, 15) is 0 Å². The second-order valence-corrected chi connectivity index (χ2v) is 6.09. The van der Waals surface area contributed by atoms with Crippen LogP contribution in [0.2, 0.25) is 10.0 Å². The smallest absolute Gasteiger partial charge is 0.196 e. The lowest BCUT2D eigenvalue weighted by Crippen LogP contribution is -2.09. The van der Waals surface area contributed by atoms with E-state index >= 15 is 0 Å². The highest BCUT2D eigenvalue weighted by Crippen LogP contribution is 2.35. The van der Waals surface area contributed by atoms with Gasteiger partial charge in [-0.15, -0.1) is 0 Å². The fourth-order valence-electron chi connectivity index (χ4n) is 1.60. The number of oxazole rings is 1. The van der Waals surface area contributed by atoms with E-state index in [0.29, 0.717) is 32.7 Å². The third-order valence-corrected chi connectivity index (χ3v) is 2.94. The lowest BCUT2D eigenvalue weighted by Gasteiger charge is -2.14. The average molecular weight is 273 g/mol. The minimum absolute atomic E-state index is 0.0892. The molecule has 0 saturated heterocycles. The van der Waals surface area contributed by atoms with Gasteiger partial charge in [0.2, 0.25) is 0 Å². The highest BCUT2D eigenvalue weighted by molar-refractivity contribution is 6.40. The van der Waals surface area contributed by atoms with E-state index in [-0.39, 0.29) is 5.41 Å². The van der Waals surface area contributed by atoms with Crippen molar-refractivity contribution in [3.8, 4) is 0 Å². The highest BCUT2D eigenvalue weighted by Gasteiger charge is 2.19. The van der Waals surface area contributed by atoms with Gasteiger partial charge in [-0.2, -0.15) is 0 Å². The molecule has 17 heavy (non-hydrogen) atoms. The molecule has 0 unspecified atom stereocenters. The minimum atomic E-state index is 0.0892. The van der Waals surface area contributed by atoms with Crippen molar-refractivity contribution in [2.24, 2.45) is 5.41 Å². The van der Waals surface area contributed by atoms with E-state index in [2.05, 4.69) is 25.8 Å². The molecule has 2 aromatic rings. The zero-order valence-corrected chi connectivity index (χ0v) is 11.5. The summed E-state index contributed by atoms with van der Waals surface area (Å²) in [6.45, 7) is 6.33. The quantitative estimate of drug-likeness (QED) is 0.788. The van der Waals surface area contributed by atoms with Crippen LogP contribution in [0.3, 0.4) is 0 Å². The van der Waals surface area contributed by atoms with Gasteiger partial charge in [0.15, 0.2) is 11.5 Å². The Labute approximate surface area is 110 Å². The Bertz CT molecular complexity index is 570. The SMILES string of the molecule is CC(C)(C)Cc1nc2c(Cl)cc(Cl)c(N)c2o1. The molecule has 3 nitrogen and oxygen atoms in total. The van der Waals surface area contributed by atoms with Gasteiger partial charge < -0.3 is 10.2 Å². The van der Waals surface area contributed by atoms with Crippen LogP contribution in [0.25, 0.3) is 11.1 Å². The van der Waals surface area contributed by atoms with Crippen molar-refractivity contribution in [1.82, 2.24) is 4.98 Å². The third-order valence-electron chi connectivity index (χ3n) is 2.33. The standard InChI is InChI=1S/C12H14Cl2N2O/c1-12(2,3)5-8-16-10-7(14)4-6(13)9(15)11(10)17-8/h4H,5,15H2,1-3H3. The maximum Gasteiger partial charge on any atom is 0.196 e. The monoisotopic (exact) mass is 272 g/mol. The van der Waals surface area contributed by atoms with E-state index < -0.39 is 0 Å². The number of aromatic nitrogens is 1. The molecular formula is C12H14Cl2N2O. The number of benzene rings is 1. The number of halogens is 2. The molecular weight excluding hydrogens is 259 g/mol. The number of nitrogens with zero attached hydrogens (tertiary/aromatic N) is 1. The van der Waals surface area contributed by atoms with Crippen molar-refractivity contribution in [3.63, 3.8) is 0 Å². The first-order valence-electron chi connectivity index (χ1n) is 5.31. The highest BCUT2D eigenvalue weighted by atomic mass is 35.5. The molecule has 0 aliphatic rings. The molecule has 0 radical (unpaired) electrons. The second-order valence-electron chi connectivity index (χ2n) is 5.28. The molecule has 5 heteroatoms. The topological polar surface area (TPSA) is 52.0 Å². The summed E-state index contributed by atoms with van der Waals surface area (Å²) < 4.78 is 5.63. The number of nitrogen functional groups attached to an aromatic ring is 1. The van der Waals surface area contributed by atoms with Crippen molar-refractivity contribution in [3.05, 3.63) is 22.0 Å². The first kappa shape index (κ1) is 12.5. The molecule has 0 aliphatic heterocycles. The van der Waals surface area contributed by atoms with E-state index in [1.807, 2.05) is 0 Å². The van der Waals surface area contributed by atoms with Crippen LogP contribution in [-0.2, 0) is 6.42 Å². The molecule has 1 heterocycles. The predicted octanol–water partition coefficient (Wildman–Crippen LogP) is 4.31. The van der Waals surface area contributed by atoms with E-state index in [4.69, 9.17) is 33.4 Å². The molecule has 0 atom stereocenters. The summed E-state index contributed by atoms with van der Waals surface area (Å²) in [4.78, 5) is 4.36. The van der Waals surface area contributed by atoms with Crippen LogP contribution in [0.5, 0.6) is 0 Å². The average Bonchev–Trinajstić information content (AvgIpc) is 2.56. The zero-order valence-electron chi connectivity index (χ0n) is 9.97. The number of nitrogens with two attached hydrogens (primary N) is 1. The van der Waals surface area contributed by atoms with Gasteiger partial charge in [-0.05, 0) is 11.5 Å². The Morgan fingerprint density at radius 2 is 1.94 bits per heavy atom. The molecule has 0 spiro atoms. The summed E-state index contributed by atoms with van der Waals surface area (Å²) in [6.07, 6.45) is 0.717. The summed E-state index contributed by atoms with van der Waals surface area (Å²) in [5.74, 6) is 0.628. The van der Waals surface area contributed by atoms with Gasteiger partial charge in [0.25, 0.3) is 0 Å². The molecule has 2 rings (SSSR count). The Morgan fingerprint density at radius 1 is 1.29 bits per heavy atom. The van der Waals surface area contributed by atoms with Crippen LogP contribution < -0.4 is 5.73 Å². The Hall–Kier alpha value is -0.930. The van der Waals surface area contributed by atoms with Crippen molar-refractivity contribution in [1.29, 1.82) is 0 Å². The molecule has 0 amide bonds. The van der Waals surface area contributed by atoms with Crippen molar-refractivity contribution < 1.29 is 4.42 Å². The predicted molar refractivity (Wildman–Crippen MR) is 71.6 cm³/mol. The second kappa shape index (κ2) is 4.07. The normalized spacial score (nSPS) is 12.3. The van der Waals surface area contributed by atoms with Crippen LogP contribution in [0, 0.1) is 5.41 Å². The molecule has 0 aliphatic carbocycles. The van der Waals surface area contributed by atoms with Crippen LogP contribution >= 0.6 is 23.2 Å². The molecule has 2 N–H and O–H groups in total. The maximum absolute atomic E-state index is 6.06. The van der Waals surface area contributed by atoms with E-state index in [1.165, 1.54) is 0 Å². The summed E-state index contributed by atoms with van der Waals surface area (Å²) in [5, 5.41) is 0.851. The van der Waals surface area contributed by atoms with Crippen molar-refractivity contribution in [2.45, 2.75) is 27.2 Å². The Balaban J connectivity index is 2.58. The van der Waals surface area contributed by atoms with Gasteiger partial charge in [-0.1, -0.05) is 44.0 Å². The van der Waals surface area contributed by atoms with E-state index in [0.717, 1.165) is 6.42 Å². The lowest BCUT2D eigenvalue weighted by molar-refractivity contribution is 0.362. The summed E-state index contributed by atoms with van der Waals surface area (Å²) in [7, 11) is 0. The van der Waals surface area contributed by atoms with Crippen molar-refractivity contribution >= 4 is 40.0 Å². The van der Waals surface area contributed by atoms with Crippen molar-refractivity contribution in [2.75, 3.05) is 5.73 Å². The van der Waals surface area contributed by atoms with E-state index in [1.54, 1.807) is 6.07 Å². The fourth-order valence-corrected chi connectivity index (χ4v) is 2.09. The molecule has 0 saturated carbocycles. The number of fused-ring (bicyclic) bond motifs is 1. The number of hydrogen-bond acceptors (Lipinski definition) is 3. The van der Waals surface area contributed by atoms with Gasteiger partial charge in [0.1, 0.15) is 5.52 Å². The van der Waals surface area contributed by atoms with Gasteiger partial charge in [0.05, 0.1) is 15.7 Å². The molecule has 1 aromatic heterocycles. The molecule has 0 fully saturated rings. The first-order valence-corrected chi connectivity index (χ1v) is 6.06. The van der Waals surface area contributed by atoms with Gasteiger partial charge in [-0.3, -0.25) is 0 Å². The van der Waals surface area contributed by atoms with Crippen LogP contribution in [0.15, 0.2) is 10.5 Å². The molecule has 0 bridgehead atoms. The zero-order chi connectivity index (χ0) is 12.8. The van der Waals surface area contributed by atoms with Gasteiger partial charge >= 0.3 is 0 Å². The van der Waals surface area contributed by atoms with Gasteiger partial charge in [0, 0.05) is 6.42 Å². The van der Waals surface area contributed by atoms with Gasteiger partial charge in [-0.25, -0.2) is 4.98 Å². The number of hydrogen-bond donors (Lipinski definition) is 1.